The summed E-state index contributed by atoms with van der Waals surface area (Å²) in [6.07, 6.45) is 2.65. The number of nitrogens with one attached hydrogen (secondary N) is 1. The van der Waals surface area contributed by atoms with E-state index in [0.29, 0.717) is 11.4 Å². The minimum Gasteiger partial charge on any atom is -0.356 e. The van der Waals surface area contributed by atoms with Crippen molar-refractivity contribution in [1.29, 1.82) is 0 Å². The molecule has 0 saturated heterocycles. The Balaban J connectivity index is 2.15. The van der Waals surface area contributed by atoms with Gasteiger partial charge >= 0.3 is 0 Å². The van der Waals surface area contributed by atoms with Crippen molar-refractivity contribution in [1.82, 2.24) is 0 Å². The normalized spacial score (nSPS) is 21.4. The van der Waals surface area contributed by atoms with E-state index in [0.717, 1.165) is 19.3 Å². The van der Waals surface area contributed by atoms with E-state index in [1.165, 1.54) is 6.07 Å². The number of fused-ring (bicyclic) bond motifs is 1. The predicted molar refractivity (Wildman–Crippen MR) is 60.0 cm³/mol. The van der Waals surface area contributed by atoms with Crippen LogP contribution in [0, 0.1) is 5.82 Å². The highest BCUT2D eigenvalue weighted by molar-refractivity contribution is 6.07. The topological polar surface area (TPSA) is 32.3 Å². The summed E-state index contributed by atoms with van der Waals surface area (Å²) in [6.45, 7) is 0. The maximum atomic E-state index is 13.8. The summed E-state index contributed by atoms with van der Waals surface area (Å²) in [5, 5.41) is 2.80. The van der Waals surface area contributed by atoms with Gasteiger partial charge in [-0.2, -0.15) is 0 Å². The summed E-state index contributed by atoms with van der Waals surface area (Å²) < 4.78 is 13.8. The molecule has 16 heavy (non-hydrogen) atoms. The van der Waals surface area contributed by atoms with E-state index >= 15 is 0 Å². The van der Waals surface area contributed by atoms with Crippen LogP contribution in [0.2, 0.25) is 0 Å². The summed E-state index contributed by atoms with van der Waals surface area (Å²) in [4.78, 5) is 13.8. The molecule has 1 N–H and O–H groups in total. The third-order valence-corrected chi connectivity index (χ3v) is 3.82. The highest BCUT2D eigenvalue weighted by Gasteiger charge is 2.51. The number of likely N-dealkylation sites (N-methyl/N-ethyl adjacent to an activating group) is 1. The zero-order valence-corrected chi connectivity index (χ0v) is 9.09. The van der Waals surface area contributed by atoms with Gasteiger partial charge in [0, 0.05) is 7.05 Å². The monoisotopic (exact) mass is 220 g/mol. The summed E-state index contributed by atoms with van der Waals surface area (Å²) in [7, 11) is 1.81. The van der Waals surface area contributed by atoms with Gasteiger partial charge in [-0.05, 0) is 31.4 Å². The fourth-order valence-corrected chi connectivity index (χ4v) is 2.64. The van der Waals surface area contributed by atoms with Crippen molar-refractivity contribution in [3.8, 4) is 0 Å². The molecule has 1 heterocycles. The molecule has 3 nitrogen and oxygen atoms in total. The molecule has 1 aromatic carbocycles. The molecule has 1 amide bonds. The van der Waals surface area contributed by atoms with E-state index < -0.39 is 5.54 Å². The molecule has 84 valence electrons. The van der Waals surface area contributed by atoms with Gasteiger partial charge in [-0.1, -0.05) is 6.07 Å². The number of carbonyl (C=O) groups excluding carboxylic acids is 1. The molecule has 0 atom stereocenters. The number of benzene rings is 1. The van der Waals surface area contributed by atoms with E-state index in [1.807, 2.05) is 0 Å². The van der Waals surface area contributed by atoms with Crippen LogP contribution < -0.4 is 10.2 Å². The Morgan fingerprint density at radius 2 is 2.19 bits per heavy atom. The first-order valence-corrected chi connectivity index (χ1v) is 5.49. The lowest BCUT2D eigenvalue weighted by atomic mass is 9.73. The number of amides is 1. The van der Waals surface area contributed by atoms with Gasteiger partial charge in [0.1, 0.15) is 11.4 Å². The first-order chi connectivity index (χ1) is 7.65. The second kappa shape index (κ2) is 2.97. The Bertz CT molecular complexity index is 468. The fraction of sp³-hybridized carbons (Fsp3) is 0.417. The largest absolute Gasteiger partial charge is 0.356 e. The van der Waals surface area contributed by atoms with Crippen molar-refractivity contribution in [2.45, 2.75) is 24.8 Å². The zero-order chi connectivity index (χ0) is 11.3. The quantitative estimate of drug-likeness (QED) is 0.726. The molecular weight excluding hydrogens is 207 g/mol. The number of para-hydroxylation sites is 1. The average molecular weight is 220 g/mol. The Hall–Kier alpha value is -1.58. The van der Waals surface area contributed by atoms with Crippen LogP contribution >= 0.6 is 0 Å². The maximum absolute atomic E-state index is 13.8. The van der Waals surface area contributed by atoms with Gasteiger partial charge < -0.3 is 10.2 Å². The van der Waals surface area contributed by atoms with Gasteiger partial charge in [0.2, 0.25) is 5.91 Å². The van der Waals surface area contributed by atoms with E-state index in [4.69, 9.17) is 0 Å². The summed E-state index contributed by atoms with van der Waals surface area (Å²) >= 11 is 0. The lowest BCUT2D eigenvalue weighted by molar-refractivity contribution is -0.124. The van der Waals surface area contributed by atoms with Crippen molar-refractivity contribution in [3.63, 3.8) is 0 Å². The van der Waals surface area contributed by atoms with Gasteiger partial charge in [-0.15, -0.1) is 0 Å². The van der Waals surface area contributed by atoms with Crippen molar-refractivity contribution < 1.29 is 9.18 Å². The van der Waals surface area contributed by atoms with Gasteiger partial charge in [0.25, 0.3) is 0 Å². The van der Waals surface area contributed by atoms with Gasteiger partial charge in [-0.25, -0.2) is 4.39 Å². The summed E-state index contributed by atoms with van der Waals surface area (Å²) in [5.41, 5.74) is 0.585. The third-order valence-electron chi connectivity index (χ3n) is 3.82. The van der Waals surface area contributed by atoms with Crippen molar-refractivity contribution >= 4 is 17.3 Å². The van der Waals surface area contributed by atoms with Crippen LogP contribution in [0.3, 0.4) is 0 Å². The molecule has 1 aromatic rings. The van der Waals surface area contributed by atoms with Crippen LogP contribution in [0.4, 0.5) is 15.8 Å². The number of nitrogens with zero attached hydrogens (tertiary/aromatic N) is 1. The Kier molecular flexibility index (Phi) is 1.79. The lowest BCUT2D eigenvalue weighted by Gasteiger charge is -2.51. The molecule has 1 saturated carbocycles. The van der Waals surface area contributed by atoms with Crippen LogP contribution in [0.15, 0.2) is 18.2 Å². The molecule has 0 unspecified atom stereocenters. The number of hydrogen-bond acceptors (Lipinski definition) is 2. The number of anilines is 2. The SMILES string of the molecule is CN1c2c(F)cccc2NC(=O)C12CCC2. The van der Waals surface area contributed by atoms with E-state index in [2.05, 4.69) is 5.32 Å². The summed E-state index contributed by atoms with van der Waals surface area (Å²) in [5.74, 6) is -0.273. The number of carbonyl (C=O) groups is 1. The van der Waals surface area contributed by atoms with Crippen molar-refractivity contribution in [3.05, 3.63) is 24.0 Å². The number of rotatable bonds is 0. The second-order valence-electron chi connectivity index (χ2n) is 4.53. The van der Waals surface area contributed by atoms with E-state index in [9.17, 15) is 9.18 Å². The van der Waals surface area contributed by atoms with Crippen LogP contribution in [0.25, 0.3) is 0 Å². The second-order valence-corrected chi connectivity index (χ2v) is 4.53. The van der Waals surface area contributed by atoms with Crippen LogP contribution in [0.1, 0.15) is 19.3 Å². The van der Waals surface area contributed by atoms with Crippen LogP contribution in [-0.4, -0.2) is 18.5 Å². The Morgan fingerprint density at radius 3 is 2.81 bits per heavy atom. The number of hydrogen-bond donors (Lipinski definition) is 1. The minimum absolute atomic E-state index is 0.000602. The van der Waals surface area contributed by atoms with E-state index in [-0.39, 0.29) is 11.7 Å². The van der Waals surface area contributed by atoms with Crippen molar-refractivity contribution in [2.75, 3.05) is 17.3 Å². The smallest absolute Gasteiger partial charge is 0.250 e. The summed E-state index contributed by atoms with van der Waals surface area (Å²) in [6, 6.07) is 4.78. The molecule has 1 fully saturated rings. The molecule has 1 aliphatic carbocycles. The molecule has 0 radical (unpaired) electrons. The molecule has 0 bridgehead atoms. The molecule has 1 spiro atoms. The van der Waals surface area contributed by atoms with Crippen molar-refractivity contribution in [2.24, 2.45) is 0 Å². The number of halogens is 1. The molecule has 0 aromatic heterocycles. The fourth-order valence-electron chi connectivity index (χ4n) is 2.64. The molecule has 4 heteroatoms. The van der Waals surface area contributed by atoms with Gasteiger partial charge in [0.05, 0.1) is 11.4 Å². The standard InChI is InChI=1S/C12H13FN2O/c1-15-10-8(13)4-2-5-9(10)14-11(16)12(15)6-3-7-12/h2,4-5H,3,6-7H2,1H3,(H,14,16). The van der Waals surface area contributed by atoms with Crippen LogP contribution in [0.5, 0.6) is 0 Å². The van der Waals surface area contributed by atoms with Gasteiger partial charge in [-0.3, -0.25) is 4.79 Å². The molecule has 1 aliphatic heterocycles. The molecule has 3 rings (SSSR count). The molecule has 2 aliphatic rings. The Morgan fingerprint density at radius 1 is 1.44 bits per heavy atom. The highest BCUT2D eigenvalue weighted by Crippen LogP contribution is 2.46. The highest BCUT2D eigenvalue weighted by atomic mass is 19.1. The minimum atomic E-state index is -0.505. The predicted octanol–water partition coefficient (Wildman–Crippen LogP) is 2.14. The first kappa shape index (κ1) is 9.63. The van der Waals surface area contributed by atoms with E-state index in [1.54, 1.807) is 24.1 Å². The third kappa shape index (κ3) is 0.991. The van der Waals surface area contributed by atoms with Gasteiger partial charge in [0.15, 0.2) is 0 Å². The maximum Gasteiger partial charge on any atom is 0.250 e. The first-order valence-electron chi connectivity index (χ1n) is 5.49. The molecular formula is C12H13FN2O. The van der Waals surface area contributed by atoms with Crippen LogP contribution in [-0.2, 0) is 4.79 Å². The lowest BCUT2D eigenvalue weighted by Crippen LogP contribution is -2.62. The average Bonchev–Trinajstić information content (AvgIpc) is 2.14. The zero-order valence-electron chi connectivity index (χ0n) is 9.09. The Labute approximate surface area is 93.2 Å².